The molecular formula is C30H42O5. The van der Waals surface area contributed by atoms with Crippen molar-refractivity contribution in [2.45, 2.75) is 99.8 Å². The molecule has 4 aliphatic carbocycles. The lowest BCUT2D eigenvalue weighted by atomic mass is 9.43. The number of hydrogen-bond donors (Lipinski definition) is 1. The molecule has 0 heterocycles. The maximum Gasteiger partial charge on any atom is 0.330 e. The van der Waals surface area contributed by atoms with Gasteiger partial charge in [-0.05, 0) is 62.2 Å². The lowest BCUT2D eigenvalue weighted by Gasteiger charge is -2.59. The number of ketones is 3. The minimum atomic E-state index is -0.884. The largest absolute Gasteiger partial charge is 0.478 e. The topological polar surface area (TPSA) is 88.5 Å². The molecule has 0 unspecified atom stereocenters. The highest BCUT2D eigenvalue weighted by Crippen LogP contribution is 2.70. The molecule has 2 saturated carbocycles. The number of Topliss-reactive ketones (excluding diaryl/α,β-unsaturated/α-hetero) is 3. The van der Waals surface area contributed by atoms with Gasteiger partial charge in [-0.15, -0.1) is 0 Å². The van der Waals surface area contributed by atoms with Crippen molar-refractivity contribution in [3.8, 4) is 0 Å². The van der Waals surface area contributed by atoms with Crippen molar-refractivity contribution in [3.05, 3.63) is 22.8 Å². The summed E-state index contributed by atoms with van der Waals surface area (Å²) < 4.78 is 0. The molecule has 6 atom stereocenters. The number of carboxylic acids is 1. The van der Waals surface area contributed by atoms with Crippen molar-refractivity contribution in [2.24, 2.45) is 39.4 Å². The van der Waals surface area contributed by atoms with E-state index in [9.17, 15) is 19.2 Å². The van der Waals surface area contributed by atoms with Crippen LogP contribution in [0.1, 0.15) is 99.8 Å². The Bertz CT molecular complexity index is 1060. The number of carbonyl (C=O) groups excluding carboxylic acids is 3. The third-order valence-corrected chi connectivity index (χ3v) is 11.2. The Kier molecular flexibility index (Phi) is 6.13. The first-order valence-electron chi connectivity index (χ1n) is 13.4. The highest BCUT2D eigenvalue weighted by Gasteiger charge is 2.67. The average molecular weight is 483 g/mol. The van der Waals surface area contributed by atoms with Gasteiger partial charge in [0.05, 0.1) is 0 Å². The van der Waals surface area contributed by atoms with Crippen molar-refractivity contribution in [1.82, 2.24) is 0 Å². The van der Waals surface area contributed by atoms with Crippen LogP contribution in [-0.4, -0.2) is 28.4 Å². The number of aliphatic carboxylic acids is 1. The Labute approximate surface area is 209 Å². The van der Waals surface area contributed by atoms with Gasteiger partial charge in [0, 0.05) is 52.2 Å². The number of carboxylic acid groups (broad SMARTS) is 1. The number of hydrogen-bond acceptors (Lipinski definition) is 4. The Hall–Kier alpha value is -2.04. The first-order valence-corrected chi connectivity index (χ1v) is 13.4. The highest BCUT2D eigenvalue weighted by molar-refractivity contribution is 6.12. The molecule has 0 spiro atoms. The van der Waals surface area contributed by atoms with Gasteiger partial charge in [0.1, 0.15) is 5.78 Å². The van der Waals surface area contributed by atoms with Gasteiger partial charge >= 0.3 is 5.97 Å². The summed E-state index contributed by atoms with van der Waals surface area (Å²) in [5.41, 5.74) is 0.240. The molecule has 4 aliphatic rings. The van der Waals surface area contributed by atoms with Crippen molar-refractivity contribution in [1.29, 1.82) is 0 Å². The second-order valence-corrected chi connectivity index (χ2v) is 13.2. The van der Waals surface area contributed by atoms with Gasteiger partial charge in [0.25, 0.3) is 0 Å². The van der Waals surface area contributed by atoms with E-state index in [2.05, 4.69) is 27.7 Å². The molecule has 0 aromatic rings. The summed E-state index contributed by atoms with van der Waals surface area (Å²) >= 11 is 0. The minimum absolute atomic E-state index is 0.0837. The van der Waals surface area contributed by atoms with Crippen LogP contribution in [0.15, 0.2) is 22.8 Å². The molecule has 0 radical (unpaired) electrons. The van der Waals surface area contributed by atoms with Gasteiger partial charge in [0.2, 0.25) is 0 Å². The molecule has 0 aromatic carbocycles. The van der Waals surface area contributed by atoms with E-state index in [0.717, 1.165) is 30.4 Å². The molecule has 4 rings (SSSR count). The fraction of sp³-hybridized carbons (Fsp3) is 0.733. The van der Waals surface area contributed by atoms with Gasteiger partial charge in [-0.3, -0.25) is 14.4 Å². The highest BCUT2D eigenvalue weighted by atomic mass is 16.4. The van der Waals surface area contributed by atoms with E-state index < -0.39 is 16.8 Å². The second kappa shape index (κ2) is 8.24. The summed E-state index contributed by atoms with van der Waals surface area (Å²) in [6.07, 6.45) is 7.14. The first kappa shape index (κ1) is 26.0. The predicted molar refractivity (Wildman–Crippen MR) is 135 cm³/mol. The quantitative estimate of drug-likeness (QED) is 0.478. The van der Waals surface area contributed by atoms with Crippen molar-refractivity contribution in [2.75, 3.05) is 0 Å². The zero-order valence-electron chi connectivity index (χ0n) is 22.5. The maximum absolute atomic E-state index is 14.0. The molecule has 5 heteroatoms. The molecule has 0 bridgehead atoms. The van der Waals surface area contributed by atoms with Crippen LogP contribution in [0.25, 0.3) is 0 Å². The van der Waals surface area contributed by atoms with Crippen LogP contribution < -0.4 is 0 Å². The molecule has 0 amide bonds. The van der Waals surface area contributed by atoms with Crippen LogP contribution in [0.4, 0.5) is 0 Å². The minimum Gasteiger partial charge on any atom is -0.478 e. The summed E-state index contributed by atoms with van der Waals surface area (Å²) in [5, 5.41) is 9.14. The number of fused-ring (bicyclic) bond motifs is 4. The third-order valence-electron chi connectivity index (χ3n) is 11.2. The van der Waals surface area contributed by atoms with E-state index in [4.69, 9.17) is 5.11 Å². The summed E-state index contributed by atoms with van der Waals surface area (Å²) in [4.78, 5) is 51.8. The standard InChI is InChI=1S/C30H42O5/c1-17(9-8-10-18(2)26(34)35)19-11-14-29(6)25-20(31)15-22-27(3,4)23(33)12-13-28(22,5)24(25)21(32)16-30(19,29)7/h10,17,19,22H,8-9,11-16H2,1-7H3,(H,34,35)/b18-10+/t17-,19-,22+,28+,29+,30-/m1/s1. The SMILES string of the molecule is C/C(=C\CC[C@@H](C)[C@H]1CC[C@@]2(C)C3=C(C(=O)C[C@]12C)[C@@]1(C)CCC(=O)C(C)(C)[C@@H]1CC3=O)C(=O)O. The van der Waals surface area contributed by atoms with Crippen molar-refractivity contribution in [3.63, 3.8) is 0 Å². The number of allylic oxidation sites excluding steroid dienone is 3. The molecule has 5 nitrogen and oxygen atoms in total. The Morgan fingerprint density at radius 3 is 2.34 bits per heavy atom. The van der Waals surface area contributed by atoms with E-state index in [1.54, 1.807) is 13.0 Å². The third kappa shape index (κ3) is 3.54. The average Bonchev–Trinajstić information content (AvgIpc) is 3.03. The van der Waals surface area contributed by atoms with Crippen LogP contribution in [0.5, 0.6) is 0 Å². The molecule has 1 N–H and O–H groups in total. The van der Waals surface area contributed by atoms with Gasteiger partial charge in [-0.2, -0.15) is 0 Å². The number of rotatable bonds is 5. The van der Waals surface area contributed by atoms with E-state index in [-0.39, 0.29) is 34.1 Å². The fourth-order valence-electron chi connectivity index (χ4n) is 8.77. The van der Waals surface area contributed by atoms with E-state index in [1.807, 2.05) is 13.8 Å². The Morgan fingerprint density at radius 1 is 1.06 bits per heavy atom. The lowest BCUT2D eigenvalue weighted by molar-refractivity contribution is -0.146. The monoisotopic (exact) mass is 482 g/mol. The van der Waals surface area contributed by atoms with Crippen molar-refractivity contribution >= 4 is 23.3 Å². The molecule has 192 valence electrons. The maximum atomic E-state index is 14.0. The van der Waals surface area contributed by atoms with Crippen LogP contribution in [0.2, 0.25) is 0 Å². The van der Waals surface area contributed by atoms with Crippen LogP contribution in [0, 0.1) is 39.4 Å². The molecule has 0 saturated heterocycles. The Balaban J connectivity index is 1.72. The second-order valence-electron chi connectivity index (χ2n) is 13.2. The zero-order chi connectivity index (χ0) is 26.1. The molecule has 0 aromatic heterocycles. The molecule has 2 fully saturated rings. The first-order chi connectivity index (χ1) is 16.1. The van der Waals surface area contributed by atoms with Crippen LogP contribution in [-0.2, 0) is 19.2 Å². The van der Waals surface area contributed by atoms with Crippen LogP contribution >= 0.6 is 0 Å². The predicted octanol–water partition coefficient (Wildman–Crippen LogP) is 6.11. The van der Waals surface area contributed by atoms with E-state index >= 15 is 0 Å². The number of carbonyl (C=O) groups is 4. The van der Waals surface area contributed by atoms with E-state index in [0.29, 0.717) is 49.5 Å². The van der Waals surface area contributed by atoms with Crippen molar-refractivity contribution < 1.29 is 24.3 Å². The summed E-state index contributed by atoms with van der Waals surface area (Å²) in [6.45, 7) is 14.3. The zero-order valence-corrected chi connectivity index (χ0v) is 22.5. The summed E-state index contributed by atoms with van der Waals surface area (Å²) in [6, 6.07) is 0. The molecular weight excluding hydrogens is 440 g/mol. The molecule has 0 aliphatic heterocycles. The van der Waals surface area contributed by atoms with Gasteiger partial charge in [0.15, 0.2) is 11.6 Å². The summed E-state index contributed by atoms with van der Waals surface area (Å²) in [5.74, 6) is 0.0184. The van der Waals surface area contributed by atoms with Gasteiger partial charge < -0.3 is 5.11 Å². The fourth-order valence-corrected chi connectivity index (χ4v) is 8.77. The van der Waals surface area contributed by atoms with Gasteiger partial charge in [-0.1, -0.05) is 47.6 Å². The van der Waals surface area contributed by atoms with E-state index in [1.165, 1.54) is 0 Å². The molecule has 35 heavy (non-hydrogen) atoms. The lowest BCUT2D eigenvalue weighted by Crippen LogP contribution is -2.58. The Morgan fingerprint density at radius 2 is 1.71 bits per heavy atom. The summed E-state index contributed by atoms with van der Waals surface area (Å²) in [7, 11) is 0. The smallest absolute Gasteiger partial charge is 0.330 e. The normalized spacial score (nSPS) is 39.7. The van der Waals surface area contributed by atoms with Gasteiger partial charge in [-0.25, -0.2) is 4.79 Å². The van der Waals surface area contributed by atoms with Crippen LogP contribution in [0.3, 0.4) is 0 Å².